The molecule has 0 unspecified atom stereocenters. The maximum atomic E-state index is 14.9. The van der Waals surface area contributed by atoms with Crippen molar-refractivity contribution in [3.05, 3.63) is 77.0 Å². The average Bonchev–Trinajstić information content (AvgIpc) is 3.49. The maximum Gasteiger partial charge on any atom is 0.405 e. The number of rotatable bonds is 12. The van der Waals surface area contributed by atoms with E-state index in [0.29, 0.717) is 11.3 Å². The van der Waals surface area contributed by atoms with Crippen LogP contribution in [-0.4, -0.2) is 94.2 Å². The second kappa shape index (κ2) is 14.0. The van der Waals surface area contributed by atoms with Crippen molar-refractivity contribution in [3.63, 3.8) is 0 Å². The van der Waals surface area contributed by atoms with Crippen molar-refractivity contribution >= 4 is 53.1 Å². The molecule has 1 aliphatic carbocycles. The Morgan fingerprint density at radius 2 is 1.80 bits per heavy atom. The van der Waals surface area contributed by atoms with Crippen molar-refractivity contribution in [2.75, 3.05) is 6.54 Å². The number of halogens is 6. The summed E-state index contributed by atoms with van der Waals surface area (Å²) in [4.78, 5) is 38.0. The predicted molar refractivity (Wildman–Crippen MR) is 187 cm³/mol. The highest BCUT2D eigenvalue weighted by molar-refractivity contribution is 6.58. The summed E-state index contributed by atoms with van der Waals surface area (Å²) < 4.78 is 76.7. The smallest absolute Gasteiger partial charge is 0.405 e. The van der Waals surface area contributed by atoms with Crippen LogP contribution in [0.4, 0.5) is 26.7 Å². The van der Waals surface area contributed by atoms with Crippen molar-refractivity contribution in [3.8, 4) is 16.9 Å². The van der Waals surface area contributed by atoms with Crippen molar-refractivity contribution < 1.29 is 36.3 Å². The van der Waals surface area contributed by atoms with Crippen LogP contribution in [0.15, 0.2) is 60.0 Å². The maximum absolute atomic E-state index is 14.9. The van der Waals surface area contributed by atoms with Crippen LogP contribution in [0.5, 0.6) is 0 Å². The number of hydrogen-bond donors (Lipinski definition) is 2. The molecule has 3 N–H and O–H groups in total. The molecule has 3 heterocycles. The van der Waals surface area contributed by atoms with E-state index in [-0.39, 0.29) is 27.9 Å². The fourth-order valence-corrected chi connectivity index (χ4v) is 6.27. The number of aromatic nitrogens is 6. The lowest BCUT2D eigenvalue weighted by Crippen LogP contribution is -2.50. The summed E-state index contributed by atoms with van der Waals surface area (Å²) in [6, 6.07) is 8.84. The van der Waals surface area contributed by atoms with Crippen LogP contribution in [0.2, 0.25) is 5.02 Å². The molecule has 2 atom stereocenters. The van der Waals surface area contributed by atoms with Gasteiger partial charge in [-0.2, -0.15) is 33.3 Å². The molecule has 1 fully saturated rings. The molecule has 1 aliphatic heterocycles. The fraction of sp³-hybridized carbons (Fsp3) is 0.406. The van der Waals surface area contributed by atoms with Crippen LogP contribution >= 0.6 is 11.6 Å². The Balaban J connectivity index is 1.44. The molecule has 0 bridgehead atoms. The van der Waals surface area contributed by atoms with Crippen LogP contribution in [0.25, 0.3) is 16.9 Å². The number of nitrogens with zero attached hydrogens (tertiary/aromatic N) is 8. The summed E-state index contributed by atoms with van der Waals surface area (Å²) in [5.41, 5.74) is 2.83. The Hall–Kier alpha value is -4.94. The molecule has 22 heteroatoms. The highest BCUT2D eigenvalue weighted by Gasteiger charge is 2.59. The summed E-state index contributed by atoms with van der Waals surface area (Å²) >= 11 is 6.39. The van der Waals surface area contributed by atoms with Crippen LogP contribution in [0.3, 0.4) is 0 Å². The molecule has 0 spiro atoms. The number of alkyl carbamates (subject to hydrolysis) is 1. The number of carbonyl (C=O) groups excluding carboxylic acids is 2. The minimum atomic E-state index is -4.80. The standard InChI is InChI=1S/C32H29B3ClF5N10O3/c1-29(2,31(39,40)41)14-30(18-6-3-16(4-7-18)21-12-45-51(48-21)19-8-9-19)26(52)49(27(42)47-30)23(13-43-28(53)54-32(33,34)35)17-5-10-20(36)22(11-17)50-25(24(37)38)44-15-46-50/h3-7,10-12,15,19,23-24H,8-9,13-14H2,1-2H3,(H2,42,47)(H,43,53)/t23-,30-/m1/s1. The molecule has 0 saturated heterocycles. The Bertz CT molecular complexity index is 2090. The van der Waals surface area contributed by atoms with Gasteiger partial charge in [0.15, 0.2) is 17.3 Å². The first-order chi connectivity index (χ1) is 25.2. The monoisotopic (exact) mass is 764 g/mol. The molecule has 276 valence electrons. The van der Waals surface area contributed by atoms with Gasteiger partial charge in [-0.25, -0.2) is 28.2 Å². The average molecular weight is 765 g/mol. The molecule has 2 aliphatic rings. The van der Waals surface area contributed by atoms with E-state index >= 15 is 0 Å². The number of alkyl halides is 5. The van der Waals surface area contributed by atoms with E-state index in [2.05, 4.69) is 30.6 Å². The number of benzene rings is 2. The highest BCUT2D eigenvalue weighted by Crippen LogP contribution is 2.51. The summed E-state index contributed by atoms with van der Waals surface area (Å²) in [5.74, 6) is -2.28. The van der Waals surface area contributed by atoms with Gasteiger partial charge in [-0.3, -0.25) is 9.69 Å². The number of aliphatic imine (C=N–C) groups is 1. The Morgan fingerprint density at radius 3 is 2.41 bits per heavy atom. The van der Waals surface area contributed by atoms with E-state index in [1.165, 1.54) is 30.3 Å². The zero-order valence-electron chi connectivity index (χ0n) is 28.6. The first-order valence-electron chi connectivity index (χ1n) is 16.3. The molecule has 13 nitrogen and oxygen atoms in total. The summed E-state index contributed by atoms with van der Waals surface area (Å²) in [6.07, 6.45) is -5.67. The SMILES string of the molecule is [B]C([B])([B])OC(=O)NC[C@H](c1ccc(Cl)c(-n2ncnc2C(F)F)c1)N1C(=O)[C@@](CC(C)(C)C(F)(F)F)(c2ccc(-c3cnn(C4CC4)n3)cc2)N=C1N. The summed E-state index contributed by atoms with van der Waals surface area (Å²) in [6.45, 7) is 1.29. The lowest BCUT2D eigenvalue weighted by Gasteiger charge is -2.37. The van der Waals surface area contributed by atoms with E-state index in [1.807, 2.05) is 0 Å². The molecular formula is C32H29B3ClF5N10O3. The van der Waals surface area contributed by atoms with Crippen LogP contribution in [0.1, 0.15) is 68.6 Å². The lowest BCUT2D eigenvalue weighted by atomic mass is 9.52. The van der Waals surface area contributed by atoms with Crippen LogP contribution in [-0.2, 0) is 15.1 Å². The number of guanidine groups is 1. The minimum Gasteiger partial charge on any atom is -0.473 e. The third kappa shape index (κ3) is 7.68. The lowest BCUT2D eigenvalue weighted by molar-refractivity contribution is -0.218. The molecule has 1 saturated carbocycles. The number of carbonyl (C=O) groups is 2. The van der Waals surface area contributed by atoms with Crippen LogP contribution in [0, 0.1) is 5.41 Å². The second-order valence-corrected chi connectivity index (χ2v) is 14.0. The first kappa shape index (κ1) is 38.8. The van der Waals surface area contributed by atoms with Crippen molar-refractivity contribution in [1.29, 1.82) is 0 Å². The number of nitrogens with two attached hydrogens (primary N) is 1. The molecule has 2 aromatic heterocycles. The van der Waals surface area contributed by atoms with E-state index < -0.39 is 71.6 Å². The van der Waals surface area contributed by atoms with Gasteiger partial charge < -0.3 is 15.8 Å². The van der Waals surface area contributed by atoms with Gasteiger partial charge in [0, 0.05) is 12.1 Å². The Morgan fingerprint density at radius 1 is 1.11 bits per heavy atom. The third-order valence-corrected chi connectivity index (χ3v) is 9.32. The Labute approximate surface area is 314 Å². The summed E-state index contributed by atoms with van der Waals surface area (Å²) in [5, 5.41) is 12.5. The fourth-order valence-electron chi connectivity index (χ4n) is 6.07. The van der Waals surface area contributed by atoms with Gasteiger partial charge in [0.2, 0.25) is 0 Å². The van der Waals surface area contributed by atoms with E-state index in [1.54, 1.807) is 23.1 Å². The molecule has 2 aromatic carbocycles. The van der Waals surface area contributed by atoms with E-state index in [9.17, 15) is 31.5 Å². The summed E-state index contributed by atoms with van der Waals surface area (Å²) in [7, 11) is 16.2. The molecular weight excluding hydrogens is 735 g/mol. The van der Waals surface area contributed by atoms with Gasteiger partial charge in [-0.05, 0) is 47.8 Å². The number of hydrogen-bond acceptors (Lipinski definition) is 9. The molecule has 54 heavy (non-hydrogen) atoms. The van der Waals surface area contributed by atoms with Gasteiger partial charge >= 0.3 is 12.3 Å². The van der Waals surface area contributed by atoms with Crippen molar-refractivity contribution in [2.24, 2.45) is 16.1 Å². The quantitative estimate of drug-likeness (QED) is 0.159. The first-order valence-corrected chi connectivity index (χ1v) is 16.7. The highest BCUT2D eigenvalue weighted by atomic mass is 35.5. The second-order valence-electron chi connectivity index (χ2n) is 13.6. The minimum absolute atomic E-state index is 0.0654. The zero-order chi connectivity index (χ0) is 39.4. The number of ether oxygens (including phenoxy) is 1. The largest absolute Gasteiger partial charge is 0.473 e. The van der Waals surface area contributed by atoms with Crippen molar-refractivity contribution in [1.82, 2.24) is 40.0 Å². The molecule has 6 rings (SSSR count). The van der Waals surface area contributed by atoms with Gasteiger partial charge in [0.05, 0.1) is 34.4 Å². The molecule has 2 amide bonds. The van der Waals surface area contributed by atoms with Gasteiger partial charge in [0.1, 0.15) is 35.6 Å². The van der Waals surface area contributed by atoms with Gasteiger partial charge in [-0.15, -0.1) is 0 Å². The molecule has 4 aromatic rings. The normalized spacial score (nSPS) is 18.6. The number of amides is 2. The van der Waals surface area contributed by atoms with Gasteiger partial charge in [0.25, 0.3) is 12.3 Å². The predicted octanol–water partition coefficient (Wildman–Crippen LogP) is 4.37. The Kier molecular flexibility index (Phi) is 10.1. The zero-order valence-corrected chi connectivity index (χ0v) is 29.4. The van der Waals surface area contributed by atoms with E-state index in [4.69, 9.17) is 45.6 Å². The van der Waals surface area contributed by atoms with E-state index in [0.717, 1.165) is 42.6 Å². The van der Waals surface area contributed by atoms with Crippen LogP contribution < -0.4 is 11.1 Å². The topological polar surface area (TPSA) is 158 Å². The van der Waals surface area contributed by atoms with Gasteiger partial charge in [-0.1, -0.05) is 55.8 Å². The number of nitrogens with one attached hydrogen (secondary N) is 1. The molecule has 6 radical (unpaired) electrons. The van der Waals surface area contributed by atoms with Crippen molar-refractivity contribution in [2.45, 2.75) is 68.6 Å². The third-order valence-electron chi connectivity index (χ3n) is 9.00.